The van der Waals surface area contributed by atoms with E-state index in [4.69, 9.17) is 4.74 Å². The minimum Gasteiger partial charge on any atom is -0.493 e. The highest BCUT2D eigenvalue weighted by atomic mass is 16.5. The lowest BCUT2D eigenvalue weighted by Crippen LogP contribution is -2.16. The fraction of sp³-hybridized carbons (Fsp3) is 0.200. The number of benzene rings is 1. The number of ether oxygens (including phenoxy) is 1. The van der Waals surface area contributed by atoms with E-state index >= 15 is 0 Å². The van der Waals surface area contributed by atoms with Gasteiger partial charge in [-0.25, -0.2) is 4.98 Å². The number of fused-ring (bicyclic) bond motifs is 5. The van der Waals surface area contributed by atoms with Gasteiger partial charge in [0.25, 0.3) is 5.91 Å². The molecule has 1 aliphatic heterocycles. The Kier molecular flexibility index (Phi) is 5.61. The molecule has 0 unspecified atom stereocenters. The summed E-state index contributed by atoms with van der Waals surface area (Å²) in [5.74, 6) is 1.44. The van der Waals surface area contributed by atoms with Crippen molar-refractivity contribution in [3.63, 3.8) is 0 Å². The highest BCUT2D eigenvalue weighted by molar-refractivity contribution is 6.06. The van der Waals surface area contributed by atoms with Gasteiger partial charge in [0, 0.05) is 6.54 Å². The van der Waals surface area contributed by atoms with Gasteiger partial charge in [0.15, 0.2) is 5.82 Å². The molecule has 0 spiro atoms. The first-order valence-electron chi connectivity index (χ1n) is 10.7. The van der Waals surface area contributed by atoms with Crippen molar-refractivity contribution in [2.24, 2.45) is 0 Å². The number of allylic oxidation sites excluding steroid dienone is 6. The van der Waals surface area contributed by atoms with E-state index in [0.717, 1.165) is 36.9 Å². The fourth-order valence-corrected chi connectivity index (χ4v) is 3.80. The lowest BCUT2D eigenvalue weighted by Gasteiger charge is -2.15. The van der Waals surface area contributed by atoms with E-state index in [2.05, 4.69) is 32.7 Å². The summed E-state index contributed by atoms with van der Waals surface area (Å²) in [6.07, 6.45) is 14.6. The number of hydrogen-bond donors (Lipinski definition) is 1. The summed E-state index contributed by atoms with van der Waals surface area (Å²) in [5, 5.41) is 11.2. The first-order chi connectivity index (χ1) is 15.8. The molecular formula is C25H23N5O2. The summed E-state index contributed by atoms with van der Waals surface area (Å²) in [6.45, 7) is 1.29. The molecule has 0 radical (unpaired) electrons. The standard InChI is InChI=1S/C25H23N5O2/c31-25-20-16-19(18-8-3-1-2-4-9-18)12-13-22(20)32-15-6-5-14-30-17-26-29-24(30)21-10-7-11-23(27-21)28-25/h1-3,7-13,16-17H,4-6,14-15H2,(H,27,28,31). The van der Waals surface area contributed by atoms with Crippen LogP contribution in [-0.2, 0) is 6.54 Å². The molecule has 2 aromatic heterocycles. The third-order valence-corrected chi connectivity index (χ3v) is 5.44. The fourth-order valence-electron chi connectivity index (χ4n) is 3.80. The maximum Gasteiger partial charge on any atom is 0.260 e. The van der Waals surface area contributed by atoms with Crippen molar-refractivity contribution in [2.45, 2.75) is 25.8 Å². The van der Waals surface area contributed by atoms with Gasteiger partial charge in [0.05, 0.1) is 12.2 Å². The van der Waals surface area contributed by atoms with Crippen LogP contribution in [0.3, 0.4) is 0 Å². The van der Waals surface area contributed by atoms with Crippen LogP contribution in [-0.4, -0.2) is 32.3 Å². The van der Waals surface area contributed by atoms with Crippen LogP contribution in [0, 0.1) is 0 Å². The summed E-state index contributed by atoms with van der Waals surface area (Å²) in [7, 11) is 0. The number of rotatable bonds is 1. The van der Waals surface area contributed by atoms with Crippen LogP contribution in [0.1, 0.15) is 35.2 Å². The third-order valence-electron chi connectivity index (χ3n) is 5.44. The number of aryl methyl sites for hydroxylation is 1. The van der Waals surface area contributed by atoms with Crippen LogP contribution >= 0.6 is 0 Å². The zero-order valence-electron chi connectivity index (χ0n) is 17.6. The van der Waals surface area contributed by atoms with Gasteiger partial charge < -0.3 is 14.6 Å². The number of anilines is 1. The maximum absolute atomic E-state index is 13.3. The topological polar surface area (TPSA) is 81.9 Å². The van der Waals surface area contributed by atoms with E-state index in [1.54, 1.807) is 12.4 Å². The molecule has 1 amide bonds. The highest BCUT2D eigenvalue weighted by Crippen LogP contribution is 2.28. The molecule has 32 heavy (non-hydrogen) atoms. The molecule has 7 heteroatoms. The number of carbonyl (C=O) groups is 1. The van der Waals surface area contributed by atoms with Crippen LogP contribution in [0.5, 0.6) is 5.75 Å². The average Bonchev–Trinajstić information content (AvgIpc) is 3.11. The lowest BCUT2D eigenvalue weighted by molar-refractivity contribution is 0.102. The van der Waals surface area contributed by atoms with E-state index in [0.29, 0.717) is 35.3 Å². The predicted octanol–water partition coefficient (Wildman–Crippen LogP) is 4.66. The first-order valence-corrected chi connectivity index (χ1v) is 10.7. The maximum atomic E-state index is 13.3. The van der Waals surface area contributed by atoms with E-state index in [1.807, 2.05) is 53.1 Å². The normalized spacial score (nSPS) is 16.0. The Bertz CT molecular complexity index is 1240. The molecule has 0 saturated carbocycles. The van der Waals surface area contributed by atoms with Crippen molar-refractivity contribution in [1.29, 1.82) is 0 Å². The molecule has 7 nitrogen and oxygen atoms in total. The van der Waals surface area contributed by atoms with Crippen molar-refractivity contribution in [3.05, 3.63) is 84.2 Å². The van der Waals surface area contributed by atoms with Gasteiger partial charge in [-0.2, -0.15) is 0 Å². The average molecular weight is 425 g/mol. The Labute approximate surface area is 186 Å². The van der Waals surface area contributed by atoms with Crippen LogP contribution in [0.4, 0.5) is 5.82 Å². The lowest BCUT2D eigenvalue weighted by atomic mass is 10.0. The minimum atomic E-state index is -0.263. The monoisotopic (exact) mass is 425 g/mol. The summed E-state index contributed by atoms with van der Waals surface area (Å²) >= 11 is 0. The predicted molar refractivity (Wildman–Crippen MR) is 123 cm³/mol. The Morgan fingerprint density at radius 3 is 3.03 bits per heavy atom. The van der Waals surface area contributed by atoms with Crippen molar-refractivity contribution in [1.82, 2.24) is 19.7 Å². The SMILES string of the molecule is O=C1Nc2cccc(n2)-c2nncn2CCCCOc2ccc(C3=CCC=CC=C3)cc21. The van der Waals surface area contributed by atoms with Gasteiger partial charge in [-0.3, -0.25) is 4.79 Å². The van der Waals surface area contributed by atoms with Gasteiger partial charge in [-0.05, 0) is 54.7 Å². The number of amides is 1. The Balaban J connectivity index is 1.52. The zero-order valence-corrected chi connectivity index (χ0v) is 17.6. The van der Waals surface area contributed by atoms with Gasteiger partial charge >= 0.3 is 0 Å². The summed E-state index contributed by atoms with van der Waals surface area (Å²) in [4.78, 5) is 17.9. The molecule has 3 heterocycles. The number of hydrogen-bond acceptors (Lipinski definition) is 5. The molecule has 3 aromatic rings. The highest BCUT2D eigenvalue weighted by Gasteiger charge is 2.17. The molecular weight excluding hydrogens is 402 g/mol. The molecule has 2 aliphatic rings. The summed E-state index contributed by atoms with van der Waals surface area (Å²) < 4.78 is 8.00. The third kappa shape index (κ3) is 4.23. The summed E-state index contributed by atoms with van der Waals surface area (Å²) in [5.41, 5.74) is 3.20. The molecule has 5 rings (SSSR count). The van der Waals surface area contributed by atoms with Crippen molar-refractivity contribution < 1.29 is 9.53 Å². The smallest absolute Gasteiger partial charge is 0.260 e. The van der Waals surface area contributed by atoms with Crippen molar-refractivity contribution in [3.8, 4) is 17.3 Å². The zero-order chi connectivity index (χ0) is 21.8. The Hall–Kier alpha value is -4.00. The van der Waals surface area contributed by atoms with Crippen LogP contribution in [0.15, 0.2) is 73.1 Å². The minimum absolute atomic E-state index is 0.263. The van der Waals surface area contributed by atoms with Crippen molar-refractivity contribution >= 4 is 17.3 Å². The Morgan fingerprint density at radius 1 is 1.09 bits per heavy atom. The molecule has 1 aliphatic carbocycles. The van der Waals surface area contributed by atoms with E-state index < -0.39 is 0 Å². The van der Waals surface area contributed by atoms with Crippen molar-refractivity contribution in [2.75, 3.05) is 11.9 Å². The second-order valence-corrected chi connectivity index (χ2v) is 7.66. The van der Waals surface area contributed by atoms with Gasteiger partial charge in [-0.15, -0.1) is 10.2 Å². The second-order valence-electron chi connectivity index (χ2n) is 7.66. The van der Waals surface area contributed by atoms with Gasteiger partial charge in [-0.1, -0.05) is 42.5 Å². The van der Waals surface area contributed by atoms with Gasteiger partial charge in [0.1, 0.15) is 23.6 Å². The summed E-state index contributed by atoms with van der Waals surface area (Å²) in [6, 6.07) is 11.3. The molecule has 2 bridgehead atoms. The van der Waals surface area contributed by atoms with Gasteiger partial charge in [0.2, 0.25) is 0 Å². The molecule has 0 saturated heterocycles. The van der Waals surface area contributed by atoms with E-state index in [1.165, 1.54) is 0 Å². The second kappa shape index (κ2) is 9.01. The first kappa shape index (κ1) is 19.9. The molecule has 0 fully saturated rings. The number of nitrogens with zero attached hydrogens (tertiary/aromatic N) is 4. The van der Waals surface area contributed by atoms with E-state index in [9.17, 15) is 4.79 Å². The molecule has 0 atom stereocenters. The van der Waals surface area contributed by atoms with Crippen LogP contribution in [0.2, 0.25) is 0 Å². The number of carbonyl (C=O) groups excluding carboxylic acids is 1. The van der Waals surface area contributed by atoms with E-state index in [-0.39, 0.29) is 5.91 Å². The van der Waals surface area contributed by atoms with Crippen LogP contribution < -0.4 is 10.1 Å². The largest absolute Gasteiger partial charge is 0.493 e. The molecule has 1 N–H and O–H groups in total. The molecule has 160 valence electrons. The number of aromatic nitrogens is 4. The molecule has 1 aromatic carbocycles. The number of pyridine rings is 1. The quantitative estimate of drug-likeness (QED) is 0.613. The van der Waals surface area contributed by atoms with Crippen LogP contribution in [0.25, 0.3) is 17.1 Å². The number of nitrogens with one attached hydrogen (secondary N) is 1. The Morgan fingerprint density at radius 2 is 2.06 bits per heavy atom.